The highest BCUT2D eigenvalue weighted by Crippen LogP contribution is 2.36. The first-order valence-corrected chi connectivity index (χ1v) is 8.98. The number of aromatic nitrogens is 1. The Kier molecular flexibility index (Phi) is 4.99. The number of amides is 1. The number of hydrogen-bond acceptors (Lipinski definition) is 6. The Balaban J connectivity index is 1.55. The molecule has 1 fully saturated rings. The van der Waals surface area contributed by atoms with E-state index in [0.717, 1.165) is 29.7 Å². The van der Waals surface area contributed by atoms with Crippen molar-refractivity contribution in [2.75, 3.05) is 32.6 Å². The predicted molar refractivity (Wildman–Crippen MR) is 106 cm³/mol. The van der Waals surface area contributed by atoms with Gasteiger partial charge in [0.1, 0.15) is 11.5 Å². The molecular weight excluding hydrogens is 358 g/mol. The molecule has 0 radical (unpaired) electrons. The van der Waals surface area contributed by atoms with Crippen LogP contribution >= 0.6 is 0 Å². The average molecular weight is 379 g/mol. The normalized spacial score (nSPS) is 13.6. The highest BCUT2D eigenvalue weighted by atomic mass is 16.5. The van der Waals surface area contributed by atoms with Crippen LogP contribution < -0.4 is 24.8 Å². The van der Waals surface area contributed by atoms with E-state index in [9.17, 15) is 4.79 Å². The minimum absolute atomic E-state index is 0.0357. The van der Waals surface area contributed by atoms with Crippen molar-refractivity contribution < 1.29 is 19.0 Å². The van der Waals surface area contributed by atoms with Crippen LogP contribution in [0.3, 0.4) is 0 Å². The maximum Gasteiger partial charge on any atom is 0.230 e. The van der Waals surface area contributed by atoms with Gasteiger partial charge in [0.15, 0.2) is 11.5 Å². The molecule has 0 bridgehead atoms. The number of benzene rings is 2. The smallest absolute Gasteiger partial charge is 0.230 e. The molecule has 3 aromatic rings. The number of carbonyl (C=O) groups excluding carboxylic acids is 1. The van der Waals surface area contributed by atoms with Gasteiger partial charge in [0, 0.05) is 36.4 Å². The Morgan fingerprint density at radius 3 is 2.39 bits per heavy atom. The second kappa shape index (κ2) is 7.74. The molecule has 144 valence electrons. The zero-order chi connectivity index (χ0) is 19.5. The van der Waals surface area contributed by atoms with Crippen LogP contribution in [0.2, 0.25) is 0 Å². The molecule has 0 unspecified atom stereocenters. The third-order valence-corrected chi connectivity index (χ3v) is 4.71. The Hall–Kier alpha value is -3.32. The molecule has 1 aliphatic heterocycles. The number of fused-ring (bicyclic) bond motifs is 1. The van der Waals surface area contributed by atoms with Crippen molar-refractivity contribution in [1.82, 2.24) is 10.3 Å². The number of hydrogen-bond donors (Lipinski definition) is 2. The molecule has 0 atom stereocenters. The fourth-order valence-electron chi connectivity index (χ4n) is 2.99. The van der Waals surface area contributed by atoms with Gasteiger partial charge in [0.25, 0.3) is 0 Å². The van der Waals surface area contributed by atoms with Gasteiger partial charge in [0.05, 0.1) is 25.7 Å². The zero-order valence-electron chi connectivity index (χ0n) is 15.7. The first-order chi connectivity index (χ1) is 13.7. The van der Waals surface area contributed by atoms with E-state index in [2.05, 4.69) is 15.6 Å². The molecule has 1 amide bonds. The van der Waals surface area contributed by atoms with Crippen molar-refractivity contribution in [3.63, 3.8) is 0 Å². The van der Waals surface area contributed by atoms with Crippen molar-refractivity contribution in [3.8, 4) is 23.0 Å². The SMILES string of the molecule is COc1cc2nccc(Oc3ccc(NC(=O)C4CNC4)cc3)c2cc1OC. The van der Waals surface area contributed by atoms with E-state index in [0.29, 0.717) is 23.0 Å². The first kappa shape index (κ1) is 18.1. The maximum atomic E-state index is 12.0. The van der Waals surface area contributed by atoms with E-state index >= 15 is 0 Å². The van der Waals surface area contributed by atoms with Crippen molar-refractivity contribution in [3.05, 3.63) is 48.7 Å². The summed E-state index contributed by atoms with van der Waals surface area (Å²) >= 11 is 0. The van der Waals surface area contributed by atoms with E-state index in [-0.39, 0.29) is 11.8 Å². The molecule has 0 saturated carbocycles. The van der Waals surface area contributed by atoms with Crippen LogP contribution in [-0.2, 0) is 4.79 Å². The van der Waals surface area contributed by atoms with Gasteiger partial charge in [-0.15, -0.1) is 0 Å². The van der Waals surface area contributed by atoms with E-state index in [1.54, 1.807) is 26.5 Å². The Labute approximate surface area is 162 Å². The molecule has 1 aromatic heterocycles. The number of carbonyl (C=O) groups is 1. The van der Waals surface area contributed by atoms with Crippen LogP contribution in [0.4, 0.5) is 5.69 Å². The third kappa shape index (κ3) is 3.57. The van der Waals surface area contributed by atoms with Crippen molar-refractivity contribution in [2.24, 2.45) is 5.92 Å². The van der Waals surface area contributed by atoms with Gasteiger partial charge < -0.3 is 24.8 Å². The zero-order valence-corrected chi connectivity index (χ0v) is 15.7. The number of rotatable bonds is 6. The van der Waals surface area contributed by atoms with Crippen molar-refractivity contribution in [2.45, 2.75) is 0 Å². The predicted octanol–water partition coefficient (Wildman–Crippen LogP) is 3.20. The Bertz CT molecular complexity index is 1000. The number of pyridine rings is 1. The molecule has 4 rings (SSSR count). The lowest BCUT2D eigenvalue weighted by Crippen LogP contribution is -2.48. The topological polar surface area (TPSA) is 81.7 Å². The molecule has 0 spiro atoms. The molecule has 2 aromatic carbocycles. The number of nitrogens with one attached hydrogen (secondary N) is 2. The summed E-state index contributed by atoms with van der Waals surface area (Å²) in [5.74, 6) is 2.62. The van der Waals surface area contributed by atoms with Crippen molar-refractivity contribution in [1.29, 1.82) is 0 Å². The highest BCUT2D eigenvalue weighted by molar-refractivity contribution is 5.93. The van der Waals surface area contributed by atoms with Crippen LogP contribution in [0.25, 0.3) is 10.9 Å². The third-order valence-electron chi connectivity index (χ3n) is 4.71. The lowest BCUT2D eigenvalue weighted by Gasteiger charge is -2.25. The Morgan fingerprint density at radius 1 is 1.04 bits per heavy atom. The number of methoxy groups -OCH3 is 2. The van der Waals surface area contributed by atoms with E-state index < -0.39 is 0 Å². The summed E-state index contributed by atoms with van der Waals surface area (Å²) in [7, 11) is 3.18. The van der Waals surface area contributed by atoms with Crippen LogP contribution in [0.15, 0.2) is 48.7 Å². The number of ether oxygens (including phenoxy) is 3. The van der Waals surface area contributed by atoms with Gasteiger partial charge in [-0.05, 0) is 36.4 Å². The number of anilines is 1. The van der Waals surface area contributed by atoms with Gasteiger partial charge >= 0.3 is 0 Å². The lowest BCUT2D eigenvalue weighted by atomic mass is 10.0. The summed E-state index contributed by atoms with van der Waals surface area (Å²) in [6.45, 7) is 1.47. The second-order valence-corrected chi connectivity index (χ2v) is 6.50. The molecule has 1 saturated heterocycles. The molecular formula is C21H21N3O4. The summed E-state index contributed by atoms with van der Waals surface area (Å²) in [4.78, 5) is 16.4. The van der Waals surface area contributed by atoms with Gasteiger partial charge in [-0.2, -0.15) is 0 Å². The molecule has 2 heterocycles. The van der Waals surface area contributed by atoms with E-state index in [4.69, 9.17) is 14.2 Å². The molecule has 7 nitrogen and oxygen atoms in total. The van der Waals surface area contributed by atoms with Gasteiger partial charge in [-0.1, -0.05) is 0 Å². The summed E-state index contributed by atoms with van der Waals surface area (Å²) in [5, 5.41) is 6.82. The molecule has 28 heavy (non-hydrogen) atoms. The largest absolute Gasteiger partial charge is 0.493 e. The van der Waals surface area contributed by atoms with Gasteiger partial charge in [0.2, 0.25) is 5.91 Å². The van der Waals surface area contributed by atoms with Gasteiger partial charge in [-0.25, -0.2) is 0 Å². The van der Waals surface area contributed by atoms with Crippen LogP contribution in [0, 0.1) is 5.92 Å². The van der Waals surface area contributed by atoms with Crippen LogP contribution in [0.5, 0.6) is 23.0 Å². The summed E-state index contributed by atoms with van der Waals surface area (Å²) in [5.41, 5.74) is 1.49. The minimum Gasteiger partial charge on any atom is -0.493 e. The van der Waals surface area contributed by atoms with E-state index in [1.165, 1.54) is 0 Å². The quantitative estimate of drug-likeness (QED) is 0.685. The molecule has 0 aliphatic carbocycles. The minimum atomic E-state index is 0.0357. The highest BCUT2D eigenvalue weighted by Gasteiger charge is 2.24. The molecule has 2 N–H and O–H groups in total. The van der Waals surface area contributed by atoms with Crippen LogP contribution in [-0.4, -0.2) is 38.2 Å². The fraction of sp³-hybridized carbons (Fsp3) is 0.238. The monoisotopic (exact) mass is 379 g/mol. The van der Waals surface area contributed by atoms with Gasteiger partial charge in [-0.3, -0.25) is 9.78 Å². The van der Waals surface area contributed by atoms with Crippen LogP contribution in [0.1, 0.15) is 0 Å². The Morgan fingerprint density at radius 2 is 1.75 bits per heavy atom. The fourth-order valence-corrected chi connectivity index (χ4v) is 2.99. The molecule has 7 heteroatoms. The summed E-state index contributed by atoms with van der Waals surface area (Å²) in [6, 6.07) is 12.8. The molecule has 1 aliphatic rings. The van der Waals surface area contributed by atoms with Crippen molar-refractivity contribution >= 4 is 22.5 Å². The standard InChI is InChI=1S/C21H21N3O4/c1-26-19-9-16-17(10-20(19)27-2)23-8-7-18(16)28-15-5-3-14(4-6-15)24-21(25)13-11-22-12-13/h3-10,13,22H,11-12H2,1-2H3,(H,24,25). The number of nitrogens with zero attached hydrogens (tertiary/aromatic N) is 1. The summed E-state index contributed by atoms with van der Waals surface area (Å²) in [6.07, 6.45) is 1.69. The first-order valence-electron chi connectivity index (χ1n) is 8.98. The average Bonchev–Trinajstić information content (AvgIpc) is 2.67. The lowest BCUT2D eigenvalue weighted by molar-refractivity contribution is -0.121. The van der Waals surface area contributed by atoms with E-state index in [1.807, 2.05) is 36.4 Å². The summed E-state index contributed by atoms with van der Waals surface area (Å²) < 4.78 is 16.8. The second-order valence-electron chi connectivity index (χ2n) is 6.50. The maximum absolute atomic E-state index is 12.0.